The number of carbonyl (C=O) groups excluding carboxylic acids is 2. The summed E-state index contributed by atoms with van der Waals surface area (Å²) in [6, 6.07) is 3.15. The number of rotatable bonds is 3. The third kappa shape index (κ3) is 2.53. The van der Waals surface area contributed by atoms with E-state index in [4.69, 9.17) is 11.6 Å². The molecule has 1 heterocycles. The summed E-state index contributed by atoms with van der Waals surface area (Å²) in [5.41, 5.74) is 0.0968. The van der Waals surface area contributed by atoms with E-state index in [2.05, 4.69) is 9.72 Å². The van der Waals surface area contributed by atoms with Crippen molar-refractivity contribution in [1.82, 2.24) is 4.98 Å². The number of ketones is 1. The average Bonchev–Trinajstić information content (AvgIpc) is 2.18. The van der Waals surface area contributed by atoms with E-state index >= 15 is 0 Å². The number of halogens is 1. The Balaban J connectivity index is 2.80. The molecule has 0 unspecified atom stereocenters. The van der Waals surface area contributed by atoms with Gasteiger partial charge in [-0.1, -0.05) is 11.6 Å². The van der Waals surface area contributed by atoms with E-state index in [1.54, 1.807) is 12.1 Å². The number of carbonyl (C=O) groups is 2. The summed E-state index contributed by atoms with van der Waals surface area (Å²) in [5, 5.41) is 0.237. The lowest BCUT2D eigenvalue weighted by atomic mass is 10.2. The SMILES string of the molecule is COC(=O)CC(=O)c1ncccc1Cl. The fraction of sp³-hybridized carbons (Fsp3) is 0.222. The van der Waals surface area contributed by atoms with E-state index < -0.39 is 11.8 Å². The van der Waals surface area contributed by atoms with Gasteiger partial charge in [0.1, 0.15) is 12.1 Å². The topological polar surface area (TPSA) is 56.3 Å². The predicted octanol–water partition coefficient (Wildman–Crippen LogP) is 1.48. The minimum Gasteiger partial charge on any atom is -0.469 e. The van der Waals surface area contributed by atoms with Crippen molar-refractivity contribution in [3.05, 3.63) is 29.0 Å². The maximum Gasteiger partial charge on any atom is 0.313 e. The van der Waals surface area contributed by atoms with Crippen LogP contribution in [-0.4, -0.2) is 23.8 Å². The first kappa shape index (κ1) is 10.7. The second kappa shape index (κ2) is 4.72. The molecule has 0 N–H and O–H groups in total. The lowest BCUT2D eigenvalue weighted by Gasteiger charge is -2.00. The van der Waals surface area contributed by atoms with Crippen LogP contribution in [0.2, 0.25) is 5.02 Å². The highest BCUT2D eigenvalue weighted by Crippen LogP contribution is 2.13. The van der Waals surface area contributed by atoms with E-state index in [-0.39, 0.29) is 17.1 Å². The molecule has 74 valence electrons. The molecule has 1 aromatic rings. The van der Waals surface area contributed by atoms with E-state index in [0.29, 0.717) is 0 Å². The smallest absolute Gasteiger partial charge is 0.313 e. The Bertz CT molecular complexity index is 365. The molecule has 5 heteroatoms. The summed E-state index contributed by atoms with van der Waals surface area (Å²) >= 11 is 5.71. The first-order valence-electron chi connectivity index (χ1n) is 3.85. The molecule has 14 heavy (non-hydrogen) atoms. The zero-order valence-electron chi connectivity index (χ0n) is 7.49. The molecule has 0 aromatic carbocycles. The first-order valence-corrected chi connectivity index (χ1v) is 4.23. The highest BCUT2D eigenvalue weighted by molar-refractivity contribution is 6.33. The van der Waals surface area contributed by atoms with Crippen molar-refractivity contribution in [2.45, 2.75) is 6.42 Å². The number of pyridine rings is 1. The summed E-state index contributed by atoms with van der Waals surface area (Å²) in [6.07, 6.45) is 1.10. The van der Waals surface area contributed by atoms with Crippen LogP contribution in [0, 0.1) is 0 Å². The van der Waals surface area contributed by atoms with Gasteiger partial charge in [-0.15, -0.1) is 0 Å². The van der Waals surface area contributed by atoms with Crippen molar-refractivity contribution in [3.63, 3.8) is 0 Å². The largest absolute Gasteiger partial charge is 0.469 e. The van der Waals surface area contributed by atoms with Crippen LogP contribution in [0.1, 0.15) is 16.9 Å². The maximum absolute atomic E-state index is 11.4. The molecule has 0 saturated heterocycles. The normalized spacial score (nSPS) is 9.57. The van der Waals surface area contributed by atoms with Gasteiger partial charge in [0.15, 0.2) is 5.78 Å². The molecule has 0 spiro atoms. The van der Waals surface area contributed by atoms with Gasteiger partial charge < -0.3 is 4.74 Å². The van der Waals surface area contributed by atoms with E-state index in [1.165, 1.54) is 13.3 Å². The number of esters is 1. The highest BCUT2D eigenvalue weighted by atomic mass is 35.5. The number of hydrogen-bond donors (Lipinski definition) is 0. The molecule has 0 bridgehead atoms. The quantitative estimate of drug-likeness (QED) is 0.434. The van der Waals surface area contributed by atoms with Crippen molar-refractivity contribution >= 4 is 23.4 Å². The number of nitrogens with zero attached hydrogens (tertiary/aromatic N) is 1. The van der Waals surface area contributed by atoms with Gasteiger partial charge in [-0.2, -0.15) is 0 Å². The summed E-state index contributed by atoms with van der Waals surface area (Å²) in [6.45, 7) is 0. The summed E-state index contributed by atoms with van der Waals surface area (Å²) in [7, 11) is 1.22. The van der Waals surface area contributed by atoms with Crippen LogP contribution in [0.5, 0.6) is 0 Å². The van der Waals surface area contributed by atoms with Crippen molar-refractivity contribution in [2.24, 2.45) is 0 Å². The second-order valence-corrected chi connectivity index (χ2v) is 2.92. The Kier molecular flexibility index (Phi) is 3.59. The van der Waals surface area contributed by atoms with Crippen LogP contribution in [0.25, 0.3) is 0 Å². The molecule has 0 atom stereocenters. The first-order chi connectivity index (χ1) is 6.65. The van der Waals surface area contributed by atoms with Gasteiger partial charge in [0.05, 0.1) is 12.1 Å². The lowest BCUT2D eigenvalue weighted by Crippen LogP contribution is -2.11. The Morgan fingerprint density at radius 2 is 2.29 bits per heavy atom. The van der Waals surface area contributed by atoms with Crippen molar-refractivity contribution in [2.75, 3.05) is 7.11 Å². The van der Waals surface area contributed by atoms with Crippen molar-refractivity contribution in [3.8, 4) is 0 Å². The van der Waals surface area contributed by atoms with Gasteiger partial charge in [0.25, 0.3) is 0 Å². The van der Waals surface area contributed by atoms with Crippen LogP contribution in [0.15, 0.2) is 18.3 Å². The van der Waals surface area contributed by atoms with E-state index in [1.807, 2.05) is 0 Å². The Hall–Kier alpha value is -1.42. The Morgan fingerprint density at radius 1 is 1.57 bits per heavy atom. The fourth-order valence-corrected chi connectivity index (χ4v) is 1.10. The van der Waals surface area contributed by atoms with Gasteiger partial charge >= 0.3 is 5.97 Å². The number of Topliss-reactive ketones (excluding diaryl/α,β-unsaturated/α-hetero) is 1. The maximum atomic E-state index is 11.4. The molecule has 0 radical (unpaired) electrons. The predicted molar refractivity (Wildman–Crippen MR) is 50.2 cm³/mol. The number of hydrogen-bond acceptors (Lipinski definition) is 4. The molecular formula is C9H8ClNO3. The number of ether oxygens (including phenoxy) is 1. The molecule has 0 aliphatic rings. The van der Waals surface area contributed by atoms with E-state index in [9.17, 15) is 9.59 Å². The Morgan fingerprint density at radius 3 is 2.86 bits per heavy atom. The van der Waals surface area contributed by atoms with Gasteiger partial charge in [0, 0.05) is 6.20 Å². The molecule has 0 saturated carbocycles. The molecule has 0 aliphatic heterocycles. The zero-order valence-corrected chi connectivity index (χ0v) is 8.25. The van der Waals surface area contributed by atoms with Crippen molar-refractivity contribution < 1.29 is 14.3 Å². The molecular weight excluding hydrogens is 206 g/mol. The molecule has 1 aromatic heterocycles. The Labute approximate surface area is 85.9 Å². The fourth-order valence-electron chi connectivity index (χ4n) is 0.878. The van der Waals surface area contributed by atoms with Gasteiger partial charge in [-0.05, 0) is 12.1 Å². The molecule has 0 amide bonds. The van der Waals surface area contributed by atoms with E-state index in [0.717, 1.165) is 0 Å². The minimum atomic E-state index is -0.600. The summed E-state index contributed by atoms with van der Waals surface area (Å²) < 4.78 is 4.35. The highest BCUT2D eigenvalue weighted by Gasteiger charge is 2.15. The molecule has 0 fully saturated rings. The monoisotopic (exact) mass is 213 g/mol. The van der Waals surface area contributed by atoms with Crippen LogP contribution in [-0.2, 0) is 9.53 Å². The van der Waals surface area contributed by atoms with Gasteiger partial charge in [-0.25, -0.2) is 0 Å². The standard InChI is InChI=1S/C9H8ClNO3/c1-14-8(13)5-7(12)9-6(10)3-2-4-11-9/h2-4H,5H2,1H3. The second-order valence-electron chi connectivity index (χ2n) is 2.51. The van der Waals surface area contributed by atoms with Crippen molar-refractivity contribution in [1.29, 1.82) is 0 Å². The average molecular weight is 214 g/mol. The summed E-state index contributed by atoms with van der Waals surface area (Å²) in [4.78, 5) is 26.0. The zero-order chi connectivity index (χ0) is 10.6. The third-order valence-electron chi connectivity index (χ3n) is 1.56. The molecule has 4 nitrogen and oxygen atoms in total. The number of aromatic nitrogens is 1. The minimum absolute atomic E-state index is 0.0968. The van der Waals surface area contributed by atoms with Crippen LogP contribution < -0.4 is 0 Å². The lowest BCUT2D eigenvalue weighted by molar-refractivity contribution is -0.139. The van der Waals surface area contributed by atoms with Crippen LogP contribution in [0.4, 0.5) is 0 Å². The summed E-state index contributed by atoms with van der Waals surface area (Å²) in [5.74, 6) is -1.04. The molecule has 0 aliphatic carbocycles. The third-order valence-corrected chi connectivity index (χ3v) is 1.86. The van der Waals surface area contributed by atoms with Crippen LogP contribution >= 0.6 is 11.6 Å². The van der Waals surface area contributed by atoms with Crippen LogP contribution in [0.3, 0.4) is 0 Å². The van der Waals surface area contributed by atoms with Gasteiger partial charge in [-0.3, -0.25) is 14.6 Å². The molecule has 1 rings (SSSR count). The van der Waals surface area contributed by atoms with Gasteiger partial charge in [0.2, 0.25) is 0 Å². The number of methoxy groups -OCH3 is 1.